The van der Waals surface area contributed by atoms with Crippen LogP contribution in [0.1, 0.15) is 27.2 Å². The van der Waals surface area contributed by atoms with Crippen molar-refractivity contribution >= 4 is 20.3 Å². The molecule has 0 aromatic rings. The molecule has 0 aromatic heterocycles. The van der Waals surface area contributed by atoms with E-state index in [1.54, 1.807) is 7.12 Å². The number of hydrogen-bond donors (Lipinski definition) is 1. The van der Waals surface area contributed by atoms with Gasteiger partial charge in [-0.3, -0.25) is 0 Å². The first kappa shape index (κ1) is 16.1. The van der Waals surface area contributed by atoms with Crippen LogP contribution in [0.5, 0.6) is 0 Å². The summed E-state index contributed by atoms with van der Waals surface area (Å²) in [6.45, 7) is 8.06. The molecule has 1 aliphatic rings. The van der Waals surface area contributed by atoms with Crippen LogP contribution in [0.25, 0.3) is 0 Å². The van der Waals surface area contributed by atoms with Crippen molar-refractivity contribution in [3.63, 3.8) is 0 Å². The van der Waals surface area contributed by atoms with Crippen LogP contribution < -0.4 is 0 Å². The van der Waals surface area contributed by atoms with E-state index in [0.29, 0.717) is 5.92 Å². The molecule has 19 heavy (non-hydrogen) atoms. The molecule has 1 rings (SSSR count). The maximum absolute atomic E-state index is 10.3. The second-order valence-electron chi connectivity index (χ2n) is 5.15. The summed E-state index contributed by atoms with van der Waals surface area (Å²) >= 11 is 0. The summed E-state index contributed by atoms with van der Waals surface area (Å²) in [5.41, 5.74) is 1.02. The molecule has 0 aliphatic carbocycles. The zero-order valence-electron chi connectivity index (χ0n) is 12.3. The minimum absolute atomic E-state index is 0.506. The predicted molar refractivity (Wildman–Crippen MR) is 88.9 cm³/mol. The Bertz CT molecular complexity index is 443. The summed E-state index contributed by atoms with van der Waals surface area (Å²) in [4.78, 5) is 10.3. The van der Waals surface area contributed by atoms with Gasteiger partial charge in [0.1, 0.15) is 0 Å². The first-order valence-electron chi connectivity index (χ1n) is 6.73. The van der Waals surface area contributed by atoms with Crippen LogP contribution in [0, 0.1) is 5.92 Å². The third-order valence-electron chi connectivity index (χ3n) is 2.81. The van der Waals surface area contributed by atoms with E-state index in [-0.39, 0.29) is 0 Å². The van der Waals surface area contributed by atoms with E-state index in [1.807, 2.05) is 44.0 Å². The molecule has 0 unspecified atom stereocenters. The van der Waals surface area contributed by atoms with Crippen molar-refractivity contribution in [1.82, 2.24) is 0 Å². The Balaban J connectivity index is 2.80. The monoisotopic (exact) mass is 278 g/mol. The van der Waals surface area contributed by atoms with Gasteiger partial charge in [0.25, 0.3) is 0 Å². The van der Waals surface area contributed by atoms with E-state index in [1.165, 1.54) is 0 Å². The standard InChI is InChI=1S/C15H24BO2P/c1-5-6-7-8-9-15-12-14(11-10-13(2)3)16-18-19(15,4)17/h5-8,10-13,17,19H,9H2,1-4H3/b6-5-,8-7-,11-10-. The summed E-state index contributed by atoms with van der Waals surface area (Å²) < 4.78 is 5.54. The van der Waals surface area contributed by atoms with Gasteiger partial charge in [-0.1, -0.05) is 0 Å². The first-order chi connectivity index (χ1) is 8.95. The molecular formula is C15H24BO2P. The topological polar surface area (TPSA) is 29.5 Å². The van der Waals surface area contributed by atoms with Gasteiger partial charge in [-0.05, 0) is 0 Å². The predicted octanol–water partition coefficient (Wildman–Crippen LogP) is 3.63. The Hall–Kier alpha value is -0.915. The van der Waals surface area contributed by atoms with Gasteiger partial charge in [0.05, 0.1) is 0 Å². The van der Waals surface area contributed by atoms with Crippen LogP contribution in [-0.2, 0) is 4.44 Å². The van der Waals surface area contributed by atoms with E-state index >= 15 is 0 Å². The molecule has 1 aliphatic heterocycles. The van der Waals surface area contributed by atoms with Crippen molar-refractivity contribution in [3.05, 3.63) is 47.8 Å². The molecule has 0 saturated carbocycles. The van der Waals surface area contributed by atoms with Crippen LogP contribution >= 0.6 is 7.72 Å². The van der Waals surface area contributed by atoms with Gasteiger partial charge >= 0.3 is 117 Å². The molecule has 4 heteroatoms. The molecule has 0 amide bonds. The normalized spacial score (nSPS) is 20.5. The van der Waals surface area contributed by atoms with Crippen LogP contribution in [0.4, 0.5) is 0 Å². The van der Waals surface area contributed by atoms with Gasteiger partial charge in [0, 0.05) is 0 Å². The van der Waals surface area contributed by atoms with Gasteiger partial charge in [-0.2, -0.15) is 0 Å². The van der Waals surface area contributed by atoms with E-state index in [9.17, 15) is 4.89 Å². The molecule has 0 spiro atoms. The average molecular weight is 278 g/mol. The Morgan fingerprint density at radius 1 is 1.42 bits per heavy atom. The van der Waals surface area contributed by atoms with Gasteiger partial charge in [0.15, 0.2) is 0 Å². The molecule has 0 saturated heterocycles. The minimum atomic E-state index is -2.70. The molecule has 0 fully saturated rings. The van der Waals surface area contributed by atoms with Crippen molar-refractivity contribution < 1.29 is 9.33 Å². The second kappa shape index (κ2) is 7.62. The molecule has 0 bridgehead atoms. The molecule has 0 atom stereocenters. The van der Waals surface area contributed by atoms with Crippen LogP contribution in [-0.4, -0.2) is 24.1 Å². The van der Waals surface area contributed by atoms with Crippen molar-refractivity contribution in [2.75, 3.05) is 6.66 Å². The Morgan fingerprint density at radius 3 is 2.79 bits per heavy atom. The number of allylic oxidation sites excluding steroid dienone is 8. The Kier molecular flexibility index (Phi) is 6.47. The maximum atomic E-state index is 10.3. The summed E-state index contributed by atoms with van der Waals surface area (Å²) in [6.07, 6.45) is 15.0. The Morgan fingerprint density at radius 2 is 2.16 bits per heavy atom. The van der Waals surface area contributed by atoms with E-state index < -0.39 is 7.72 Å². The summed E-state index contributed by atoms with van der Waals surface area (Å²) in [7, 11) is -1.03. The summed E-state index contributed by atoms with van der Waals surface area (Å²) in [5.74, 6) is 0.506. The zero-order valence-corrected chi connectivity index (χ0v) is 13.3. The fraction of sp³-hybridized carbons (Fsp3) is 0.400. The van der Waals surface area contributed by atoms with Gasteiger partial charge in [-0.15, -0.1) is 0 Å². The molecule has 1 N–H and O–H groups in total. The average Bonchev–Trinajstić information content (AvgIpc) is 2.34. The van der Waals surface area contributed by atoms with Gasteiger partial charge < -0.3 is 0 Å². The van der Waals surface area contributed by atoms with Crippen molar-refractivity contribution in [1.29, 1.82) is 0 Å². The van der Waals surface area contributed by atoms with Crippen molar-refractivity contribution in [3.8, 4) is 0 Å². The third kappa shape index (κ3) is 5.71. The van der Waals surface area contributed by atoms with Gasteiger partial charge in [-0.25, -0.2) is 0 Å². The number of hydrogen-bond acceptors (Lipinski definition) is 2. The Labute approximate surface area is 118 Å². The second-order valence-corrected chi connectivity index (χ2v) is 7.99. The van der Waals surface area contributed by atoms with Crippen LogP contribution in [0.2, 0.25) is 0 Å². The van der Waals surface area contributed by atoms with Crippen LogP contribution in [0.15, 0.2) is 47.8 Å². The third-order valence-corrected chi connectivity index (χ3v) is 4.93. The molecule has 104 valence electrons. The van der Waals surface area contributed by atoms with Crippen molar-refractivity contribution in [2.45, 2.75) is 27.2 Å². The van der Waals surface area contributed by atoms with E-state index in [4.69, 9.17) is 4.44 Å². The van der Waals surface area contributed by atoms with Gasteiger partial charge in [0.2, 0.25) is 0 Å². The van der Waals surface area contributed by atoms with E-state index in [2.05, 4.69) is 26.0 Å². The molecular weight excluding hydrogens is 254 g/mol. The fourth-order valence-corrected chi connectivity index (χ4v) is 3.10. The molecule has 0 aromatic carbocycles. The molecule has 1 heterocycles. The van der Waals surface area contributed by atoms with Crippen LogP contribution in [0.3, 0.4) is 0 Å². The quantitative estimate of drug-likeness (QED) is 0.472. The molecule has 2 nitrogen and oxygen atoms in total. The zero-order chi connectivity index (χ0) is 14.3. The SMILES string of the molecule is C/C=C\C=C/CC1=CC(/C=C\C(C)C)=BO[PH]1(C)O. The fourth-order valence-electron chi connectivity index (χ4n) is 1.65. The first-order valence-corrected chi connectivity index (χ1v) is 9.08. The summed E-state index contributed by atoms with van der Waals surface area (Å²) in [6, 6.07) is 0. The number of rotatable bonds is 5. The van der Waals surface area contributed by atoms with Crippen molar-refractivity contribution in [2.24, 2.45) is 5.92 Å². The summed E-state index contributed by atoms with van der Waals surface area (Å²) in [5, 5.41) is 0.999. The van der Waals surface area contributed by atoms with E-state index in [0.717, 1.165) is 17.2 Å². The molecule has 0 radical (unpaired) electrons.